The van der Waals surface area contributed by atoms with Gasteiger partial charge in [0.05, 0.1) is 11.0 Å². The van der Waals surface area contributed by atoms with Crippen LogP contribution in [0.1, 0.15) is 39.7 Å². The molecule has 3 aromatic rings. The number of hydrogen-bond acceptors (Lipinski definition) is 3. The van der Waals surface area contributed by atoms with Crippen LogP contribution in [0.2, 0.25) is 0 Å². The van der Waals surface area contributed by atoms with Crippen LogP contribution in [0.25, 0.3) is 11.0 Å². The average molecular weight is 349 g/mol. The van der Waals surface area contributed by atoms with Crippen LogP contribution in [0.15, 0.2) is 41.2 Å². The van der Waals surface area contributed by atoms with Gasteiger partial charge in [-0.1, -0.05) is 23.8 Å². The molecule has 26 heavy (non-hydrogen) atoms. The molecule has 0 bridgehead atoms. The Morgan fingerprint density at radius 2 is 1.88 bits per heavy atom. The summed E-state index contributed by atoms with van der Waals surface area (Å²) < 4.78 is 1.68. The zero-order valence-corrected chi connectivity index (χ0v) is 15.6. The highest BCUT2D eigenvalue weighted by Crippen LogP contribution is 2.14. The minimum Gasteiger partial charge on any atom is -0.348 e. The van der Waals surface area contributed by atoms with E-state index >= 15 is 0 Å². The second kappa shape index (κ2) is 7.12. The molecular formula is C21H23N3O2. The standard InChI is InChI=1S/C21H23N3O2/c1-5-24-19-9-8-16(11-18(19)23-15(4)21(24)26)20(25)22-12-17-7-6-13(2)10-14(17)3/h6-11H,5,12H2,1-4H3,(H,22,25). The molecule has 0 aliphatic carbocycles. The highest BCUT2D eigenvalue weighted by atomic mass is 16.1. The van der Waals surface area contributed by atoms with E-state index < -0.39 is 0 Å². The second-order valence-electron chi connectivity index (χ2n) is 6.56. The maximum absolute atomic E-state index is 12.5. The molecule has 3 rings (SSSR count). The summed E-state index contributed by atoms with van der Waals surface area (Å²) in [6.07, 6.45) is 0. The van der Waals surface area contributed by atoms with Crippen molar-refractivity contribution in [3.8, 4) is 0 Å². The Morgan fingerprint density at radius 1 is 1.12 bits per heavy atom. The lowest BCUT2D eigenvalue weighted by molar-refractivity contribution is 0.0951. The first kappa shape index (κ1) is 17.9. The first-order valence-electron chi connectivity index (χ1n) is 8.76. The molecule has 0 aliphatic heterocycles. The van der Waals surface area contributed by atoms with Gasteiger partial charge in [-0.3, -0.25) is 9.59 Å². The monoisotopic (exact) mass is 349 g/mol. The quantitative estimate of drug-likeness (QED) is 0.786. The smallest absolute Gasteiger partial charge is 0.272 e. The Bertz CT molecular complexity index is 1050. The van der Waals surface area contributed by atoms with E-state index in [1.54, 1.807) is 29.7 Å². The maximum atomic E-state index is 12.5. The number of fused-ring (bicyclic) bond motifs is 1. The molecule has 1 amide bonds. The van der Waals surface area contributed by atoms with Gasteiger partial charge in [0, 0.05) is 18.7 Å². The van der Waals surface area contributed by atoms with Crippen LogP contribution >= 0.6 is 0 Å². The number of nitrogens with zero attached hydrogens (tertiary/aromatic N) is 2. The number of carbonyl (C=O) groups excluding carboxylic acids is 1. The molecule has 0 unspecified atom stereocenters. The van der Waals surface area contributed by atoms with Crippen molar-refractivity contribution in [1.29, 1.82) is 0 Å². The lowest BCUT2D eigenvalue weighted by Gasteiger charge is -2.11. The van der Waals surface area contributed by atoms with Crippen molar-refractivity contribution in [2.24, 2.45) is 0 Å². The topological polar surface area (TPSA) is 64.0 Å². The first-order chi connectivity index (χ1) is 12.4. The van der Waals surface area contributed by atoms with Crippen LogP contribution in [0.5, 0.6) is 0 Å². The third-order valence-corrected chi connectivity index (χ3v) is 4.62. The van der Waals surface area contributed by atoms with Crippen molar-refractivity contribution in [3.63, 3.8) is 0 Å². The molecule has 1 aromatic heterocycles. The Morgan fingerprint density at radius 3 is 2.58 bits per heavy atom. The molecule has 2 aromatic carbocycles. The molecule has 0 spiro atoms. The summed E-state index contributed by atoms with van der Waals surface area (Å²) in [5, 5.41) is 2.96. The van der Waals surface area contributed by atoms with Gasteiger partial charge in [-0.15, -0.1) is 0 Å². The maximum Gasteiger partial charge on any atom is 0.272 e. The molecule has 134 valence electrons. The van der Waals surface area contributed by atoms with Gasteiger partial charge < -0.3 is 9.88 Å². The molecule has 0 saturated carbocycles. The third-order valence-electron chi connectivity index (χ3n) is 4.62. The molecule has 0 radical (unpaired) electrons. The van der Waals surface area contributed by atoms with E-state index in [2.05, 4.69) is 23.3 Å². The van der Waals surface area contributed by atoms with Crippen LogP contribution in [0.4, 0.5) is 0 Å². The van der Waals surface area contributed by atoms with E-state index in [1.165, 1.54) is 5.56 Å². The van der Waals surface area contributed by atoms with Crippen LogP contribution in [0, 0.1) is 20.8 Å². The van der Waals surface area contributed by atoms with Gasteiger partial charge in [0.1, 0.15) is 5.69 Å². The van der Waals surface area contributed by atoms with Gasteiger partial charge in [-0.25, -0.2) is 4.98 Å². The predicted molar refractivity (Wildman–Crippen MR) is 104 cm³/mol. The zero-order valence-electron chi connectivity index (χ0n) is 15.6. The van der Waals surface area contributed by atoms with E-state index in [4.69, 9.17) is 0 Å². The minimum absolute atomic E-state index is 0.0907. The number of amides is 1. The van der Waals surface area contributed by atoms with E-state index in [0.717, 1.165) is 16.6 Å². The number of hydrogen-bond donors (Lipinski definition) is 1. The number of aryl methyl sites for hydroxylation is 4. The Kier molecular flexibility index (Phi) is 4.89. The largest absolute Gasteiger partial charge is 0.348 e. The average Bonchev–Trinajstić information content (AvgIpc) is 2.61. The van der Waals surface area contributed by atoms with Crippen LogP contribution in [-0.4, -0.2) is 15.5 Å². The fourth-order valence-corrected chi connectivity index (χ4v) is 3.15. The number of rotatable bonds is 4. The van der Waals surface area contributed by atoms with Crippen molar-refractivity contribution >= 4 is 16.9 Å². The van der Waals surface area contributed by atoms with Gasteiger partial charge in [-0.05, 0) is 57.0 Å². The normalized spacial score (nSPS) is 10.9. The Hall–Kier alpha value is -2.95. The van der Waals surface area contributed by atoms with Gasteiger partial charge in [-0.2, -0.15) is 0 Å². The van der Waals surface area contributed by atoms with Gasteiger partial charge in [0.25, 0.3) is 11.5 Å². The summed E-state index contributed by atoms with van der Waals surface area (Å²) in [7, 11) is 0. The van der Waals surface area contributed by atoms with Crippen molar-refractivity contribution in [2.75, 3.05) is 0 Å². The zero-order chi connectivity index (χ0) is 18.8. The summed E-state index contributed by atoms with van der Waals surface area (Å²) in [5.41, 5.74) is 5.74. The molecule has 0 saturated heterocycles. The van der Waals surface area contributed by atoms with Crippen molar-refractivity contribution in [1.82, 2.24) is 14.9 Å². The molecule has 1 heterocycles. The number of carbonyl (C=O) groups is 1. The molecule has 5 heteroatoms. The van der Waals surface area contributed by atoms with E-state index in [-0.39, 0.29) is 11.5 Å². The van der Waals surface area contributed by atoms with E-state index in [0.29, 0.717) is 29.9 Å². The molecular weight excluding hydrogens is 326 g/mol. The van der Waals surface area contributed by atoms with Gasteiger partial charge >= 0.3 is 0 Å². The molecule has 5 nitrogen and oxygen atoms in total. The fourth-order valence-electron chi connectivity index (χ4n) is 3.15. The van der Waals surface area contributed by atoms with Crippen molar-refractivity contribution in [2.45, 2.75) is 40.8 Å². The summed E-state index contributed by atoms with van der Waals surface area (Å²) in [6, 6.07) is 11.5. The fraction of sp³-hybridized carbons (Fsp3) is 0.286. The SMILES string of the molecule is CCn1c(=O)c(C)nc2cc(C(=O)NCc3ccc(C)cc3C)ccc21. The number of aromatic nitrogens is 2. The number of benzene rings is 2. The lowest BCUT2D eigenvalue weighted by atomic mass is 10.1. The third kappa shape index (κ3) is 3.38. The summed E-state index contributed by atoms with van der Waals surface area (Å²) in [6.45, 7) is 8.75. The van der Waals surface area contributed by atoms with Crippen LogP contribution in [-0.2, 0) is 13.1 Å². The summed E-state index contributed by atoms with van der Waals surface area (Å²) in [5.74, 6) is -0.152. The Labute approximate surface area is 152 Å². The first-order valence-corrected chi connectivity index (χ1v) is 8.76. The predicted octanol–water partition coefficient (Wildman–Crippen LogP) is 3.27. The van der Waals surface area contributed by atoms with Gasteiger partial charge in [0.15, 0.2) is 0 Å². The van der Waals surface area contributed by atoms with Crippen molar-refractivity contribution < 1.29 is 4.79 Å². The minimum atomic E-state index is -0.152. The lowest BCUT2D eigenvalue weighted by Crippen LogP contribution is -2.25. The van der Waals surface area contributed by atoms with Crippen LogP contribution < -0.4 is 10.9 Å². The Balaban J connectivity index is 1.87. The number of nitrogens with one attached hydrogen (secondary N) is 1. The van der Waals surface area contributed by atoms with Gasteiger partial charge in [0.2, 0.25) is 0 Å². The highest BCUT2D eigenvalue weighted by molar-refractivity contribution is 5.97. The molecule has 1 N–H and O–H groups in total. The molecule has 0 aliphatic rings. The second-order valence-corrected chi connectivity index (χ2v) is 6.56. The molecule has 0 atom stereocenters. The van der Waals surface area contributed by atoms with E-state index in [9.17, 15) is 9.59 Å². The summed E-state index contributed by atoms with van der Waals surface area (Å²) >= 11 is 0. The summed E-state index contributed by atoms with van der Waals surface area (Å²) in [4.78, 5) is 29.1. The van der Waals surface area contributed by atoms with Crippen LogP contribution in [0.3, 0.4) is 0 Å². The highest BCUT2D eigenvalue weighted by Gasteiger charge is 2.11. The molecule has 0 fully saturated rings. The van der Waals surface area contributed by atoms with Crippen molar-refractivity contribution in [3.05, 3.63) is 74.7 Å². The van der Waals surface area contributed by atoms with E-state index in [1.807, 2.05) is 26.0 Å².